The fraction of sp³-hybridized carbons (Fsp3) is 0.389. The summed E-state index contributed by atoms with van der Waals surface area (Å²) >= 11 is 7.46. The standard InChI is InChI=1S/C18H15ClF5N3OS/c1-2-29-12-4-5-13(19)26-15(12)10-7-9-3-6-14(28)27(11(9)8-25-10)17(22)18(23,24)16(20)21/h4-5,7-8,16-17H,2-3,6H2,1H3. The van der Waals surface area contributed by atoms with Crippen LogP contribution in [-0.2, 0) is 11.2 Å². The molecule has 1 aliphatic rings. The van der Waals surface area contributed by atoms with Gasteiger partial charge in [-0.3, -0.25) is 14.7 Å². The van der Waals surface area contributed by atoms with Gasteiger partial charge in [0.1, 0.15) is 10.8 Å². The average Bonchev–Trinajstić information content (AvgIpc) is 2.68. The van der Waals surface area contributed by atoms with E-state index in [9.17, 15) is 26.7 Å². The highest BCUT2D eigenvalue weighted by molar-refractivity contribution is 7.99. The first-order valence-electron chi connectivity index (χ1n) is 8.57. The molecule has 29 heavy (non-hydrogen) atoms. The number of fused-ring (bicyclic) bond motifs is 1. The van der Waals surface area contributed by atoms with E-state index in [4.69, 9.17) is 11.6 Å². The number of amides is 1. The van der Waals surface area contributed by atoms with Crippen molar-refractivity contribution in [2.75, 3.05) is 10.7 Å². The Bertz CT molecular complexity index is 930. The van der Waals surface area contributed by atoms with Crippen molar-refractivity contribution >= 4 is 35.0 Å². The number of carbonyl (C=O) groups is 1. The van der Waals surface area contributed by atoms with Crippen LogP contribution in [0.3, 0.4) is 0 Å². The molecule has 0 aromatic carbocycles. The molecule has 156 valence electrons. The zero-order valence-electron chi connectivity index (χ0n) is 15.0. The number of alkyl halides is 5. The number of carbonyl (C=O) groups excluding carboxylic acids is 1. The van der Waals surface area contributed by atoms with Crippen molar-refractivity contribution in [3.8, 4) is 11.4 Å². The number of thioether (sulfide) groups is 1. The third kappa shape index (κ3) is 4.18. The second kappa shape index (κ2) is 8.43. The highest BCUT2D eigenvalue weighted by Gasteiger charge is 2.54. The molecule has 11 heteroatoms. The summed E-state index contributed by atoms with van der Waals surface area (Å²) in [6, 6.07) is 4.86. The molecule has 0 radical (unpaired) electrons. The van der Waals surface area contributed by atoms with E-state index < -0.39 is 24.6 Å². The third-order valence-electron chi connectivity index (χ3n) is 4.30. The van der Waals surface area contributed by atoms with E-state index in [1.54, 1.807) is 12.1 Å². The van der Waals surface area contributed by atoms with E-state index in [1.165, 1.54) is 17.8 Å². The first kappa shape index (κ1) is 21.8. The lowest BCUT2D eigenvalue weighted by Gasteiger charge is -2.34. The summed E-state index contributed by atoms with van der Waals surface area (Å²) < 4.78 is 66.6. The molecule has 0 fully saturated rings. The first-order valence-corrected chi connectivity index (χ1v) is 9.93. The van der Waals surface area contributed by atoms with Gasteiger partial charge in [-0.2, -0.15) is 8.78 Å². The number of rotatable bonds is 6. The fourth-order valence-corrected chi connectivity index (χ4v) is 3.85. The largest absolute Gasteiger partial charge is 0.356 e. The molecular formula is C18H15ClF5N3OS. The van der Waals surface area contributed by atoms with Crippen molar-refractivity contribution in [2.24, 2.45) is 0 Å². The summed E-state index contributed by atoms with van der Waals surface area (Å²) in [6.07, 6.45) is -6.90. The van der Waals surface area contributed by atoms with E-state index >= 15 is 0 Å². The van der Waals surface area contributed by atoms with Gasteiger partial charge < -0.3 is 0 Å². The van der Waals surface area contributed by atoms with Crippen molar-refractivity contribution in [3.63, 3.8) is 0 Å². The zero-order chi connectivity index (χ0) is 21.3. The maximum Gasteiger partial charge on any atom is 0.356 e. The Hall–Kier alpha value is -1.94. The summed E-state index contributed by atoms with van der Waals surface area (Å²) in [7, 11) is 0. The normalized spacial score (nSPS) is 15.6. The fourth-order valence-electron chi connectivity index (χ4n) is 2.94. The van der Waals surface area contributed by atoms with Gasteiger partial charge >= 0.3 is 12.3 Å². The Balaban J connectivity index is 2.05. The quantitative estimate of drug-likeness (QED) is 0.256. The Morgan fingerprint density at radius 3 is 2.66 bits per heavy atom. The van der Waals surface area contributed by atoms with E-state index in [0.29, 0.717) is 17.0 Å². The minimum absolute atomic E-state index is 0.0644. The van der Waals surface area contributed by atoms with E-state index in [2.05, 4.69) is 9.97 Å². The number of pyridine rings is 2. The first-order chi connectivity index (χ1) is 13.7. The third-order valence-corrected chi connectivity index (χ3v) is 5.44. The van der Waals surface area contributed by atoms with Crippen LogP contribution in [0.4, 0.5) is 27.6 Å². The molecule has 4 nitrogen and oxygen atoms in total. The number of anilines is 1. The van der Waals surface area contributed by atoms with Crippen molar-refractivity contribution < 1.29 is 26.7 Å². The van der Waals surface area contributed by atoms with Crippen LogP contribution in [0.25, 0.3) is 11.4 Å². The van der Waals surface area contributed by atoms with Crippen molar-refractivity contribution in [1.29, 1.82) is 0 Å². The second-order valence-electron chi connectivity index (χ2n) is 6.19. The Kier molecular flexibility index (Phi) is 6.33. The van der Waals surface area contributed by atoms with Crippen LogP contribution in [-0.4, -0.2) is 40.3 Å². The summed E-state index contributed by atoms with van der Waals surface area (Å²) in [4.78, 5) is 21.3. The Morgan fingerprint density at radius 1 is 1.28 bits per heavy atom. The number of aryl methyl sites for hydroxylation is 1. The minimum Gasteiger partial charge on any atom is -0.274 e. The van der Waals surface area contributed by atoms with Crippen LogP contribution < -0.4 is 4.90 Å². The van der Waals surface area contributed by atoms with Crippen LogP contribution >= 0.6 is 23.4 Å². The van der Waals surface area contributed by atoms with E-state index in [-0.39, 0.29) is 28.6 Å². The molecule has 2 aromatic heterocycles. The van der Waals surface area contributed by atoms with Gasteiger partial charge in [0.2, 0.25) is 12.2 Å². The molecule has 0 aliphatic carbocycles. The second-order valence-corrected chi connectivity index (χ2v) is 7.88. The minimum atomic E-state index is -5.01. The van der Waals surface area contributed by atoms with Crippen molar-refractivity contribution in [1.82, 2.24) is 9.97 Å². The maximum atomic E-state index is 14.3. The van der Waals surface area contributed by atoms with Crippen LogP contribution in [0.2, 0.25) is 5.15 Å². The summed E-state index contributed by atoms with van der Waals surface area (Å²) in [5.41, 5.74) is 0.874. The van der Waals surface area contributed by atoms with Gasteiger partial charge in [-0.25, -0.2) is 18.2 Å². The monoisotopic (exact) mass is 451 g/mol. The van der Waals surface area contributed by atoms with Crippen molar-refractivity contribution in [2.45, 2.75) is 43.3 Å². The van der Waals surface area contributed by atoms with Crippen LogP contribution in [0.15, 0.2) is 29.3 Å². The summed E-state index contributed by atoms with van der Waals surface area (Å²) in [5.74, 6) is -5.28. The molecule has 2 aromatic rings. The predicted molar refractivity (Wildman–Crippen MR) is 101 cm³/mol. The van der Waals surface area contributed by atoms with Gasteiger partial charge in [-0.15, -0.1) is 11.8 Å². The molecule has 3 heterocycles. The van der Waals surface area contributed by atoms with Gasteiger partial charge in [0.05, 0.1) is 17.6 Å². The molecule has 1 atom stereocenters. The van der Waals surface area contributed by atoms with E-state index in [1.807, 2.05) is 6.92 Å². The smallest absolute Gasteiger partial charge is 0.274 e. The van der Waals surface area contributed by atoms with Gasteiger partial charge in [-0.1, -0.05) is 18.5 Å². The Labute approximate surface area is 172 Å². The number of nitrogens with zero attached hydrogens (tertiary/aromatic N) is 3. The lowest BCUT2D eigenvalue weighted by molar-refractivity contribution is -0.173. The highest BCUT2D eigenvalue weighted by atomic mass is 35.5. The van der Waals surface area contributed by atoms with Gasteiger partial charge in [-0.05, 0) is 35.9 Å². The molecule has 0 saturated heterocycles. The lowest BCUT2D eigenvalue weighted by atomic mass is 10.0. The van der Waals surface area contributed by atoms with Gasteiger partial charge in [0, 0.05) is 11.3 Å². The van der Waals surface area contributed by atoms with Gasteiger partial charge in [0.25, 0.3) is 0 Å². The topological polar surface area (TPSA) is 46.1 Å². The Morgan fingerprint density at radius 2 is 2.00 bits per heavy atom. The number of hydrogen-bond acceptors (Lipinski definition) is 4. The lowest BCUT2D eigenvalue weighted by Crippen LogP contribution is -2.53. The summed E-state index contributed by atoms with van der Waals surface area (Å²) in [6.45, 7) is 1.94. The molecule has 3 rings (SSSR count). The number of halogens is 6. The molecule has 1 aliphatic heterocycles. The number of hydrogen-bond donors (Lipinski definition) is 0. The van der Waals surface area contributed by atoms with Crippen molar-refractivity contribution in [3.05, 3.63) is 35.1 Å². The molecule has 1 unspecified atom stereocenters. The maximum absolute atomic E-state index is 14.3. The number of aromatic nitrogens is 2. The molecule has 0 spiro atoms. The highest BCUT2D eigenvalue weighted by Crippen LogP contribution is 2.39. The molecule has 1 amide bonds. The zero-order valence-corrected chi connectivity index (χ0v) is 16.6. The predicted octanol–water partition coefficient (Wildman–Crippen LogP) is 5.38. The van der Waals surface area contributed by atoms with Crippen LogP contribution in [0, 0.1) is 0 Å². The van der Waals surface area contributed by atoms with Crippen LogP contribution in [0.5, 0.6) is 0 Å². The summed E-state index contributed by atoms with van der Waals surface area (Å²) in [5, 5.41) is 0.220. The van der Waals surface area contributed by atoms with Gasteiger partial charge in [0.15, 0.2) is 0 Å². The SMILES string of the molecule is CCSc1ccc(Cl)nc1-c1cc2c(cn1)N(C(F)C(F)(F)C(F)F)C(=O)CC2. The van der Waals surface area contributed by atoms with Crippen LogP contribution in [0.1, 0.15) is 18.9 Å². The molecular weight excluding hydrogens is 437 g/mol. The molecule has 0 bridgehead atoms. The average molecular weight is 452 g/mol. The van der Waals surface area contributed by atoms with E-state index in [0.717, 1.165) is 16.8 Å². The molecule has 0 N–H and O–H groups in total. The molecule has 0 saturated carbocycles.